The molecular formula is C20H31N3O2. The first kappa shape index (κ1) is 19.5. The minimum atomic E-state index is -0.114. The number of carbonyl (C=O) groups excluding carboxylic acids is 1. The number of aliphatic hydroxyl groups is 1. The van der Waals surface area contributed by atoms with E-state index >= 15 is 0 Å². The van der Waals surface area contributed by atoms with Crippen LogP contribution in [-0.2, 0) is 0 Å². The summed E-state index contributed by atoms with van der Waals surface area (Å²) in [5.74, 6) is 0.134. The van der Waals surface area contributed by atoms with Gasteiger partial charge in [-0.1, -0.05) is 42.5 Å². The van der Waals surface area contributed by atoms with Crippen molar-refractivity contribution < 1.29 is 9.90 Å². The standard InChI is InChI=1S/C20H31N3O2/c1-16(2)15-23-11-8-19(9-12-23)22-20(25)21-14-18(10-13-24)17-6-4-3-5-7-17/h3-7,18-19,24H,1,8-15H2,2H3,(H2,21,22,25). The van der Waals surface area contributed by atoms with Gasteiger partial charge in [0.1, 0.15) is 0 Å². The Labute approximate surface area is 151 Å². The fourth-order valence-corrected chi connectivity index (χ4v) is 3.34. The van der Waals surface area contributed by atoms with Crippen LogP contribution in [0.4, 0.5) is 4.79 Å². The lowest BCUT2D eigenvalue weighted by Gasteiger charge is -2.32. The molecule has 25 heavy (non-hydrogen) atoms. The fraction of sp³-hybridized carbons (Fsp3) is 0.550. The second kappa shape index (κ2) is 10.2. The number of nitrogens with one attached hydrogen (secondary N) is 2. The number of nitrogens with zero attached hydrogens (tertiary/aromatic N) is 1. The van der Waals surface area contributed by atoms with E-state index in [2.05, 4.69) is 22.1 Å². The zero-order valence-electron chi connectivity index (χ0n) is 15.2. The van der Waals surface area contributed by atoms with Crippen LogP contribution in [-0.4, -0.2) is 54.9 Å². The second-order valence-corrected chi connectivity index (χ2v) is 6.98. The molecule has 138 valence electrons. The van der Waals surface area contributed by atoms with Gasteiger partial charge in [-0.15, -0.1) is 0 Å². The minimum Gasteiger partial charge on any atom is -0.396 e. The molecule has 1 aliphatic rings. The molecule has 0 aromatic heterocycles. The van der Waals surface area contributed by atoms with Crippen molar-refractivity contribution in [2.75, 3.05) is 32.8 Å². The lowest BCUT2D eigenvalue weighted by Crippen LogP contribution is -2.48. The van der Waals surface area contributed by atoms with Crippen LogP contribution in [0.15, 0.2) is 42.5 Å². The molecule has 1 atom stereocenters. The van der Waals surface area contributed by atoms with E-state index in [9.17, 15) is 9.90 Å². The van der Waals surface area contributed by atoms with Gasteiger partial charge in [0.2, 0.25) is 0 Å². The Morgan fingerprint density at radius 3 is 2.60 bits per heavy atom. The third-order valence-electron chi connectivity index (χ3n) is 4.67. The molecule has 5 nitrogen and oxygen atoms in total. The van der Waals surface area contributed by atoms with E-state index in [1.165, 1.54) is 5.57 Å². The maximum Gasteiger partial charge on any atom is 0.315 e. The number of aliphatic hydroxyl groups excluding tert-OH is 1. The number of hydrogen-bond donors (Lipinski definition) is 3. The molecule has 0 bridgehead atoms. The topological polar surface area (TPSA) is 64.6 Å². The maximum absolute atomic E-state index is 12.2. The predicted molar refractivity (Wildman–Crippen MR) is 102 cm³/mol. The van der Waals surface area contributed by atoms with Crippen molar-refractivity contribution in [2.45, 2.75) is 38.1 Å². The Hall–Kier alpha value is -1.85. The summed E-state index contributed by atoms with van der Waals surface area (Å²) in [5.41, 5.74) is 2.32. The molecule has 1 unspecified atom stereocenters. The first-order valence-corrected chi connectivity index (χ1v) is 9.15. The van der Waals surface area contributed by atoms with Gasteiger partial charge in [0.25, 0.3) is 0 Å². The van der Waals surface area contributed by atoms with Gasteiger partial charge in [-0.25, -0.2) is 4.79 Å². The van der Waals surface area contributed by atoms with Gasteiger partial charge in [-0.2, -0.15) is 0 Å². The molecule has 1 aromatic carbocycles. The molecular weight excluding hydrogens is 314 g/mol. The van der Waals surface area contributed by atoms with Crippen LogP contribution < -0.4 is 10.6 Å². The van der Waals surface area contributed by atoms with Crippen molar-refractivity contribution in [1.29, 1.82) is 0 Å². The Balaban J connectivity index is 1.73. The number of amides is 2. The lowest BCUT2D eigenvalue weighted by atomic mass is 9.96. The van der Waals surface area contributed by atoms with E-state index < -0.39 is 0 Å². The number of rotatable bonds is 8. The highest BCUT2D eigenvalue weighted by Gasteiger charge is 2.21. The van der Waals surface area contributed by atoms with Crippen LogP contribution in [0, 0.1) is 0 Å². The Morgan fingerprint density at radius 1 is 1.32 bits per heavy atom. The summed E-state index contributed by atoms with van der Waals surface area (Å²) in [6.45, 7) is 9.59. The molecule has 1 aliphatic heterocycles. The third-order valence-corrected chi connectivity index (χ3v) is 4.67. The molecule has 3 N–H and O–H groups in total. The Bertz CT molecular complexity index is 539. The van der Waals surface area contributed by atoms with E-state index in [-0.39, 0.29) is 24.6 Å². The summed E-state index contributed by atoms with van der Waals surface area (Å²) < 4.78 is 0. The SMILES string of the molecule is C=C(C)CN1CCC(NC(=O)NCC(CCO)c2ccccc2)CC1. The number of likely N-dealkylation sites (tertiary alicyclic amines) is 1. The lowest BCUT2D eigenvalue weighted by molar-refractivity contribution is 0.201. The molecule has 2 rings (SSSR count). The summed E-state index contributed by atoms with van der Waals surface area (Å²) in [5, 5.41) is 15.3. The molecule has 0 aliphatic carbocycles. The largest absolute Gasteiger partial charge is 0.396 e. The van der Waals surface area contributed by atoms with Crippen LogP contribution >= 0.6 is 0 Å². The number of urea groups is 1. The molecule has 1 heterocycles. The van der Waals surface area contributed by atoms with Gasteiger partial charge >= 0.3 is 6.03 Å². The summed E-state index contributed by atoms with van der Waals surface area (Å²) >= 11 is 0. The van der Waals surface area contributed by atoms with Gasteiger partial charge < -0.3 is 15.7 Å². The zero-order chi connectivity index (χ0) is 18.1. The van der Waals surface area contributed by atoms with Crippen LogP contribution in [0.1, 0.15) is 37.7 Å². The highest BCUT2D eigenvalue weighted by atomic mass is 16.3. The minimum absolute atomic E-state index is 0.114. The molecule has 0 saturated carbocycles. The first-order chi connectivity index (χ1) is 12.1. The molecule has 5 heteroatoms. The summed E-state index contributed by atoms with van der Waals surface area (Å²) in [7, 11) is 0. The van der Waals surface area contributed by atoms with Crippen molar-refractivity contribution in [3.05, 3.63) is 48.0 Å². The molecule has 2 amide bonds. The van der Waals surface area contributed by atoms with Crippen LogP contribution in [0.3, 0.4) is 0 Å². The van der Waals surface area contributed by atoms with Gasteiger partial charge in [0.15, 0.2) is 0 Å². The van der Waals surface area contributed by atoms with E-state index in [1.807, 2.05) is 37.3 Å². The van der Waals surface area contributed by atoms with E-state index in [1.54, 1.807) is 0 Å². The summed E-state index contributed by atoms with van der Waals surface area (Å²) in [4.78, 5) is 14.6. The van der Waals surface area contributed by atoms with Crippen LogP contribution in [0.2, 0.25) is 0 Å². The molecule has 1 saturated heterocycles. The fourth-order valence-electron chi connectivity index (χ4n) is 3.34. The zero-order valence-corrected chi connectivity index (χ0v) is 15.2. The van der Waals surface area contributed by atoms with Crippen molar-refractivity contribution in [3.8, 4) is 0 Å². The van der Waals surface area contributed by atoms with Gasteiger partial charge in [0, 0.05) is 44.7 Å². The number of piperidine rings is 1. The van der Waals surface area contributed by atoms with E-state index in [0.717, 1.165) is 38.0 Å². The number of hydrogen-bond acceptors (Lipinski definition) is 3. The van der Waals surface area contributed by atoms with Gasteiger partial charge in [-0.3, -0.25) is 4.90 Å². The van der Waals surface area contributed by atoms with Crippen molar-refractivity contribution in [3.63, 3.8) is 0 Å². The summed E-state index contributed by atoms with van der Waals surface area (Å²) in [6.07, 6.45) is 2.59. The maximum atomic E-state index is 12.2. The van der Waals surface area contributed by atoms with Crippen molar-refractivity contribution >= 4 is 6.03 Å². The highest BCUT2D eigenvalue weighted by Crippen LogP contribution is 2.18. The molecule has 0 spiro atoms. The second-order valence-electron chi connectivity index (χ2n) is 6.98. The smallest absolute Gasteiger partial charge is 0.315 e. The van der Waals surface area contributed by atoms with Crippen LogP contribution in [0.5, 0.6) is 0 Å². The molecule has 1 aromatic rings. The Morgan fingerprint density at radius 2 is 2.00 bits per heavy atom. The average Bonchev–Trinajstić information content (AvgIpc) is 2.60. The van der Waals surface area contributed by atoms with Crippen molar-refractivity contribution in [2.24, 2.45) is 0 Å². The number of carbonyl (C=O) groups is 1. The third kappa shape index (κ3) is 6.88. The van der Waals surface area contributed by atoms with E-state index in [0.29, 0.717) is 13.0 Å². The quantitative estimate of drug-likeness (QED) is 0.634. The highest BCUT2D eigenvalue weighted by molar-refractivity contribution is 5.74. The number of benzene rings is 1. The average molecular weight is 345 g/mol. The van der Waals surface area contributed by atoms with E-state index in [4.69, 9.17) is 0 Å². The van der Waals surface area contributed by atoms with Crippen LogP contribution in [0.25, 0.3) is 0 Å². The van der Waals surface area contributed by atoms with Crippen molar-refractivity contribution in [1.82, 2.24) is 15.5 Å². The van der Waals surface area contributed by atoms with Gasteiger partial charge in [-0.05, 0) is 31.7 Å². The monoisotopic (exact) mass is 345 g/mol. The Kier molecular flexibility index (Phi) is 7.95. The van der Waals surface area contributed by atoms with Gasteiger partial charge in [0.05, 0.1) is 0 Å². The normalized spacial score (nSPS) is 17.0. The summed E-state index contributed by atoms with van der Waals surface area (Å²) in [6, 6.07) is 10.1. The first-order valence-electron chi connectivity index (χ1n) is 9.15. The molecule has 1 fully saturated rings. The molecule has 0 radical (unpaired) electrons. The predicted octanol–water partition coefficient (Wildman–Crippen LogP) is 2.49.